The van der Waals surface area contributed by atoms with Gasteiger partial charge in [0, 0.05) is 11.8 Å². The zero-order valence-electron chi connectivity index (χ0n) is 12.3. The highest BCUT2D eigenvalue weighted by molar-refractivity contribution is 6.02. The molecule has 0 unspecified atom stereocenters. The summed E-state index contributed by atoms with van der Waals surface area (Å²) in [4.78, 5) is 12.0. The summed E-state index contributed by atoms with van der Waals surface area (Å²) in [6, 6.07) is 12.7. The molecular weight excluding hydrogens is 262 g/mol. The van der Waals surface area contributed by atoms with E-state index in [9.17, 15) is 9.90 Å². The number of phenols is 1. The van der Waals surface area contributed by atoms with E-state index in [-0.39, 0.29) is 11.7 Å². The fourth-order valence-electron chi connectivity index (χ4n) is 2.12. The maximum Gasteiger partial charge on any atom is 0.248 e. The molecular formula is C18H19NO2. The number of aryl methyl sites for hydroxylation is 2. The van der Waals surface area contributed by atoms with E-state index in [0.717, 1.165) is 28.8 Å². The minimum atomic E-state index is -0.160. The third kappa shape index (κ3) is 3.96. The summed E-state index contributed by atoms with van der Waals surface area (Å²) < 4.78 is 0. The maximum absolute atomic E-state index is 12.0. The zero-order chi connectivity index (χ0) is 15.2. The molecule has 1 amide bonds. The Morgan fingerprint density at radius 2 is 1.90 bits per heavy atom. The van der Waals surface area contributed by atoms with E-state index in [2.05, 4.69) is 12.2 Å². The number of aromatic hydroxyl groups is 1. The lowest BCUT2D eigenvalue weighted by molar-refractivity contribution is -0.111. The molecule has 0 aliphatic heterocycles. The van der Waals surface area contributed by atoms with E-state index < -0.39 is 0 Å². The van der Waals surface area contributed by atoms with Gasteiger partial charge in [-0.2, -0.15) is 0 Å². The van der Waals surface area contributed by atoms with Gasteiger partial charge in [-0.25, -0.2) is 0 Å². The number of anilines is 1. The molecule has 0 aliphatic rings. The van der Waals surface area contributed by atoms with Crippen LogP contribution in [0.1, 0.15) is 23.6 Å². The standard InChI is InChI=1S/C18H19NO2/c1-3-15-6-4-5-13(2)18(15)19-17(21)12-9-14-7-10-16(20)11-8-14/h4-12,20H,3H2,1-2H3,(H,19,21)/b12-9+. The number of nitrogens with one attached hydrogen (secondary N) is 1. The van der Waals surface area contributed by atoms with Gasteiger partial charge in [0.2, 0.25) is 5.91 Å². The summed E-state index contributed by atoms with van der Waals surface area (Å²) in [5, 5.41) is 12.1. The van der Waals surface area contributed by atoms with Crippen LogP contribution >= 0.6 is 0 Å². The van der Waals surface area contributed by atoms with Crippen LogP contribution < -0.4 is 5.32 Å². The average molecular weight is 281 g/mol. The van der Waals surface area contributed by atoms with Gasteiger partial charge in [-0.3, -0.25) is 4.79 Å². The van der Waals surface area contributed by atoms with Crippen LogP contribution in [0.3, 0.4) is 0 Å². The molecule has 0 atom stereocenters. The Morgan fingerprint density at radius 3 is 2.57 bits per heavy atom. The Balaban J connectivity index is 2.10. The Morgan fingerprint density at radius 1 is 1.19 bits per heavy atom. The molecule has 3 nitrogen and oxygen atoms in total. The number of benzene rings is 2. The Hall–Kier alpha value is -2.55. The smallest absolute Gasteiger partial charge is 0.248 e. The second-order valence-electron chi connectivity index (χ2n) is 4.88. The van der Waals surface area contributed by atoms with E-state index in [0.29, 0.717) is 0 Å². The summed E-state index contributed by atoms with van der Waals surface area (Å²) in [6.07, 6.45) is 4.09. The van der Waals surface area contributed by atoms with Crippen LogP contribution in [-0.4, -0.2) is 11.0 Å². The maximum atomic E-state index is 12.0. The van der Waals surface area contributed by atoms with Crippen molar-refractivity contribution in [3.63, 3.8) is 0 Å². The first-order chi connectivity index (χ1) is 10.1. The highest BCUT2D eigenvalue weighted by Crippen LogP contribution is 2.21. The van der Waals surface area contributed by atoms with Crippen LogP contribution in [-0.2, 0) is 11.2 Å². The molecule has 2 N–H and O–H groups in total. The van der Waals surface area contributed by atoms with Crippen molar-refractivity contribution in [2.75, 3.05) is 5.32 Å². The second-order valence-corrected chi connectivity index (χ2v) is 4.88. The van der Waals surface area contributed by atoms with Crippen LogP contribution in [0.4, 0.5) is 5.69 Å². The SMILES string of the molecule is CCc1cccc(C)c1NC(=O)/C=C/c1ccc(O)cc1. The van der Waals surface area contributed by atoms with Gasteiger partial charge in [-0.1, -0.05) is 37.3 Å². The lowest BCUT2D eigenvalue weighted by atomic mass is 10.1. The lowest BCUT2D eigenvalue weighted by Gasteiger charge is -2.11. The van der Waals surface area contributed by atoms with Gasteiger partial charge in [0.25, 0.3) is 0 Å². The average Bonchev–Trinajstić information content (AvgIpc) is 2.49. The fourth-order valence-corrected chi connectivity index (χ4v) is 2.12. The predicted octanol–water partition coefficient (Wildman–Crippen LogP) is 3.91. The van der Waals surface area contributed by atoms with E-state index in [4.69, 9.17) is 0 Å². The van der Waals surface area contributed by atoms with Crippen molar-refractivity contribution in [1.82, 2.24) is 0 Å². The number of amides is 1. The summed E-state index contributed by atoms with van der Waals surface area (Å²) >= 11 is 0. The van der Waals surface area contributed by atoms with Crippen molar-refractivity contribution in [2.24, 2.45) is 0 Å². The molecule has 0 bridgehead atoms. The summed E-state index contributed by atoms with van der Waals surface area (Å²) in [5.74, 6) is 0.0520. The van der Waals surface area contributed by atoms with Crippen LogP contribution in [0, 0.1) is 6.92 Å². The molecule has 0 saturated heterocycles. The van der Waals surface area contributed by atoms with Gasteiger partial charge < -0.3 is 10.4 Å². The molecule has 0 aromatic heterocycles. The van der Waals surface area contributed by atoms with Gasteiger partial charge in [0.05, 0.1) is 0 Å². The van der Waals surface area contributed by atoms with Crippen LogP contribution in [0.15, 0.2) is 48.5 Å². The minimum absolute atomic E-state index is 0.160. The Bertz CT molecular complexity index is 657. The molecule has 0 aliphatic carbocycles. The highest BCUT2D eigenvalue weighted by atomic mass is 16.3. The van der Waals surface area contributed by atoms with Gasteiger partial charge >= 0.3 is 0 Å². The van der Waals surface area contributed by atoms with E-state index in [1.54, 1.807) is 30.3 Å². The molecule has 2 rings (SSSR count). The number of hydrogen-bond acceptors (Lipinski definition) is 2. The van der Waals surface area contributed by atoms with E-state index >= 15 is 0 Å². The van der Waals surface area contributed by atoms with Crippen molar-refractivity contribution >= 4 is 17.7 Å². The topological polar surface area (TPSA) is 49.3 Å². The lowest BCUT2D eigenvalue weighted by Crippen LogP contribution is -2.11. The fraction of sp³-hybridized carbons (Fsp3) is 0.167. The van der Waals surface area contributed by atoms with Crippen LogP contribution in [0.2, 0.25) is 0 Å². The van der Waals surface area contributed by atoms with Crippen molar-refractivity contribution in [3.05, 3.63) is 65.2 Å². The highest BCUT2D eigenvalue weighted by Gasteiger charge is 2.06. The monoisotopic (exact) mass is 281 g/mol. The molecule has 0 heterocycles. The van der Waals surface area contributed by atoms with Crippen molar-refractivity contribution in [2.45, 2.75) is 20.3 Å². The van der Waals surface area contributed by atoms with Crippen LogP contribution in [0.25, 0.3) is 6.08 Å². The molecule has 0 radical (unpaired) electrons. The molecule has 2 aromatic carbocycles. The number of hydrogen-bond donors (Lipinski definition) is 2. The second kappa shape index (κ2) is 6.75. The number of carbonyl (C=O) groups is 1. The van der Waals surface area contributed by atoms with Crippen molar-refractivity contribution in [3.8, 4) is 5.75 Å². The Kier molecular flexibility index (Phi) is 4.77. The van der Waals surface area contributed by atoms with Crippen LogP contribution in [0.5, 0.6) is 5.75 Å². The quantitative estimate of drug-likeness (QED) is 0.835. The summed E-state index contributed by atoms with van der Waals surface area (Å²) in [7, 11) is 0. The number of para-hydroxylation sites is 1. The normalized spacial score (nSPS) is 10.8. The molecule has 0 saturated carbocycles. The van der Waals surface area contributed by atoms with Gasteiger partial charge in [-0.15, -0.1) is 0 Å². The molecule has 3 heteroatoms. The summed E-state index contributed by atoms with van der Waals surface area (Å²) in [6.45, 7) is 4.05. The first-order valence-electron chi connectivity index (χ1n) is 6.96. The largest absolute Gasteiger partial charge is 0.508 e. The molecule has 21 heavy (non-hydrogen) atoms. The number of rotatable bonds is 4. The third-order valence-electron chi connectivity index (χ3n) is 3.31. The van der Waals surface area contributed by atoms with Crippen molar-refractivity contribution < 1.29 is 9.90 Å². The molecule has 108 valence electrons. The predicted molar refractivity (Wildman–Crippen MR) is 86.3 cm³/mol. The minimum Gasteiger partial charge on any atom is -0.508 e. The number of phenolic OH excluding ortho intramolecular Hbond substituents is 1. The summed E-state index contributed by atoms with van der Waals surface area (Å²) in [5.41, 5.74) is 3.94. The Labute approximate surface area is 124 Å². The van der Waals surface area contributed by atoms with E-state index in [1.165, 1.54) is 6.08 Å². The van der Waals surface area contributed by atoms with Gasteiger partial charge in [0.15, 0.2) is 0 Å². The molecule has 0 fully saturated rings. The molecule has 2 aromatic rings. The molecule has 0 spiro atoms. The number of carbonyl (C=O) groups excluding carboxylic acids is 1. The van der Waals surface area contributed by atoms with Crippen molar-refractivity contribution in [1.29, 1.82) is 0 Å². The zero-order valence-corrected chi connectivity index (χ0v) is 12.3. The third-order valence-corrected chi connectivity index (χ3v) is 3.31. The van der Waals surface area contributed by atoms with Gasteiger partial charge in [0.1, 0.15) is 5.75 Å². The van der Waals surface area contributed by atoms with E-state index in [1.807, 2.05) is 25.1 Å². The first kappa shape index (κ1) is 14.9. The first-order valence-corrected chi connectivity index (χ1v) is 6.96. The van der Waals surface area contributed by atoms with Gasteiger partial charge in [-0.05, 0) is 48.2 Å².